The number of aromatic nitrogens is 1. The van der Waals surface area contributed by atoms with E-state index in [1.807, 2.05) is 33.2 Å². The van der Waals surface area contributed by atoms with Gasteiger partial charge in [0.05, 0.1) is 0 Å². The van der Waals surface area contributed by atoms with Gasteiger partial charge >= 0.3 is 6.09 Å². The lowest BCUT2D eigenvalue weighted by atomic mass is 10.1. The second-order valence-corrected chi connectivity index (χ2v) is 6.43. The van der Waals surface area contributed by atoms with Crippen LogP contribution in [0.25, 0.3) is 0 Å². The fourth-order valence-electron chi connectivity index (χ4n) is 2.13. The van der Waals surface area contributed by atoms with Gasteiger partial charge in [0.15, 0.2) is 0 Å². The highest BCUT2D eigenvalue weighted by Crippen LogP contribution is 2.32. The number of nitrogens with one attached hydrogen (secondary N) is 3. The van der Waals surface area contributed by atoms with Crippen LogP contribution in [0, 0.1) is 5.92 Å². The van der Waals surface area contributed by atoms with Crippen molar-refractivity contribution in [2.75, 3.05) is 6.54 Å². The van der Waals surface area contributed by atoms with Crippen LogP contribution in [-0.4, -0.2) is 29.3 Å². The summed E-state index contributed by atoms with van der Waals surface area (Å²) < 4.78 is 5.26. The number of aromatic amines is 1. The number of carbonyl (C=O) groups is 1. The lowest BCUT2D eigenvalue weighted by Gasteiger charge is -2.22. The highest BCUT2D eigenvalue weighted by atomic mass is 16.6. The average Bonchev–Trinajstić information content (AvgIpc) is 3.03. The second-order valence-electron chi connectivity index (χ2n) is 6.43. The molecule has 0 bridgehead atoms. The summed E-state index contributed by atoms with van der Waals surface area (Å²) in [4.78, 5) is 14.7. The monoisotopic (exact) mass is 279 g/mol. The Morgan fingerprint density at radius 2 is 2.25 bits per heavy atom. The first kappa shape index (κ1) is 14.9. The van der Waals surface area contributed by atoms with Gasteiger partial charge in [-0.1, -0.05) is 0 Å². The van der Waals surface area contributed by atoms with Gasteiger partial charge in [-0.15, -0.1) is 0 Å². The molecule has 1 amide bonds. The molecule has 1 saturated carbocycles. The summed E-state index contributed by atoms with van der Waals surface area (Å²) in [6.07, 6.45) is 6.04. The molecule has 0 aromatic carbocycles. The molecule has 1 fully saturated rings. The Bertz CT molecular complexity index is 419. The fraction of sp³-hybridized carbons (Fsp3) is 0.667. The van der Waals surface area contributed by atoms with Crippen LogP contribution in [0.1, 0.15) is 39.2 Å². The van der Waals surface area contributed by atoms with E-state index < -0.39 is 5.60 Å². The molecule has 1 unspecified atom stereocenters. The van der Waals surface area contributed by atoms with E-state index in [0.717, 1.165) is 6.54 Å². The molecule has 0 aliphatic heterocycles. The number of rotatable bonds is 6. The number of H-pyrrole nitrogens is 1. The van der Waals surface area contributed by atoms with Crippen molar-refractivity contribution in [3.05, 3.63) is 24.0 Å². The Morgan fingerprint density at radius 3 is 2.80 bits per heavy atom. The van der Waals surface area contributed by atoms with Crippen molar-refractivity contribution in [1.82, 2.24) is 15.6 Å². The average molecular weight is 279 g/mol. The third-order valence-corrected chi connectivity index (χ3v) is 3.29. The summed E-state index contributed by atoms with van der Waals surface area (Å²) >= 11 is 0. The molecule has 2 rings (SSSR count). The number of amides is 1. The van der Waals surface area contributed by atoms with Gasteiger partial charge in [0.1, 0.15) is 5.60 Å². The minimum Gasteiger partial charge on any atom is -0.444 e. The topological polar surface area (TPSA) is 66.2 Å². The van der Waals surface area contributed by atoms with Crippen LogP contribution >= 0.6 is 0 Å². The Kier molecular flexibility index (Phi) is 4.70. The van der Waals surface area contributed by atoms with Gasteiger partial charge in [-0.05, 0) is 51.2 Å². The SMILES string of the molecule is CC(C)(C)OC(=O)NCC(NCc1cc[nH]c1)C1CC1. The van der Waals surface area contributed by atoms with Gasteiger partial charge < -0.3 is 20.4 Å². The van der Waals surface area contributed by atoms with E-state index in [2.05, 4.69) is 21.7 Å². The molecule has 1 aliphatic rings. The quantitative estimate of drug-likeness (QED) is 0.749. The molecule has 0 saturated heterocycles. The van der Waals surface area contributed by atoms with E-state index in [-0.39, 0.29) is 6.09 Å². The largest absolute Gasteiger partial charge is 0.444 e. The summed E-state index contributed by atoms with van der Waals surface area (Å²) in [6, 6.07) is 2.37. The van der Waals surface area contributed by atoms with Crippen molar-refractivity contribution in [1.29, 1.82) is 0 Å². The van der Waals surface area contributed by atoms with Crippen molar-refractivity contribution < 1.29 is 9.53 Å². The number of hydrogen-bond donors (Lipinski definition) is 3. The van der Waals surface area contributed by atoms with Gasteiger partial charge in [-0.25, -0.2) is 4.79 Å². The summed E-state index contributed by atoms with van der Waals surface area (Å²) in [6.45, 7) is 7.05. The van der Waals surface area contributed by atoms with Gasteiger partial charge in [0.2, 0.25) is 0 Å². The molecule has 112 valence electrons. The van der Waals surface area contributed by atoms with Crippen molar-refractivity contribution in [3.8, 4) is 0 Å². The van der Waals surface area contributed by atoms with E-state index in [1.165, 1.54) is 18.4 Å². The Balaban J connectivity index is 1.73. The number of alkyl carbamates (subject to hydrolysis) is 1. The summed E-state index contributed by atoms with van der Waals surface area (Å²) in [7, 11) is 0. The Morgan fingerprint density at radius 1 is 1.50 bits per heavy atom. The summed E-state index contributed by atoms with van der Waals surface area (Å²) in [5.41, 5.74) is 0.783. The molecule has 1 aromatic rings. The normalized spacial score (nSPS) is 16.8. The standard InChI is InChI=1S/C15H25N3O2/c1-15(2,3)20-14(19)18-10-13(12-4-5-12)17-9-11-6-7-16-8-11/h6-8,12-13,16-17H,4-5,9-10H2,1-3H3,(H,18,19). The zero-order chi connectivity index (χ0) is 14.6. The van der Waals surface area contributed by atoms with Crippen LogP contribution in [0.2, 0.25) is 0 Å². The predicted octanol–water partition coefficient (Wildman–Crippen LogP) is 2.41. The smallest absolute Gasteiger partial charge is 0.407 e. The van der Waals surface area contributed by atoms with Gasteiger partial charge in [-0.2, -0.15) is 0 Å². The van der Waals surface area contributed by atoms with Crippen LogP contribution < -0.4 is 10.6 Å². The van der Waals surface area contributed by atoms with Gasteiger partial charge in [0, 0.05) is 31.5 Å². The third kappa shape index (κ3) is 5.25. The van der Waals surface area contributed by atoms with Crippen LogP contribution in [0.5, 0.6) is 0 Å². The first-order valence-corrected chi connectivity index (χ1v) is 7.26. The molecular formula is C15H25N3O2. The van der Waals surface area contributed by atoms with E-state index >= 15 is 0 Å². The predicted molar refractivity (Wildman–Crippen MR) is 78.4 cm³/mol. The third-order valence-electron chi connectivity index (χ3n) is 3.29. The van der Waals surface area contributed by atoms with E-state index in [0.29, 0.717) is 18.5 Å². The van der Waals surface area contributed by atoms with Crippen molar-refractivity contribution in [2.45, 2.75) is 51.8 Å². The Labute approximate surface area is 120 Å². The fourth-order valence-corrected chi connectivity index (χ4v) is 2.13. The lowest BCUT2D eigenvalue weighted by molar-refractivity contribution is 0.0521. The molecule has 5 heteroatoms. The summed E-state index contributed by atoms with van der Waals surface area (Å²) in [5.74, 6) is 0.670. The molecule has 0 spiro atoms. The van der Waals surface area contributed by atoms with Crippen molar-refractivity contribution >= 4 is 6.09 Å². The lowest BCUT2D eigenvalue weighted by Crippen LogP contribution is -2.43. The molecule has 3 N–H and O–H groups in total. The van der Waals surface area contributed by atoms with Crippen molar-refractivity contribution in [2.24, 2.45) is 5.92 Å². The molecule has 1 aromatic heterocycles. The van der Waals surface area contributed by atoms with Crippen LogP contribution in [0.4, 0.5) is 4.79 Å². The number of ether oxygens (including phenoxy) is 1. The molecule has 1 heterocycles. The van der Waals surface area contributed by atoms with E-state index in [9.17, 15) is 4.79 Å². The first-order chi connectivity index (χ1) is 9.44. The minimum absolute atomic E-state index is 0.317. The highest BCUT2D eigenvalue weighted by molar-refractivity contribution is 5.67. The number of carbonyl (C=O) groups excluding carboxylic acids is 1. The Hall–Kier alpha value is -1.49. The molecule has 5 nitrogen and oxygen atoms in total. The molecule has 20 heavy (non-hydrogen) atoms. The highest BCUT2D eigenvalue weighted by Gasteiger charge is 2.31. The molecular weight excluding hydrogens is 254 g/mol. The zero-order valence-corrected chi connectivity index (χ0v) is 12.5. The molecule has 1 aliphatic carbocycles. The zero-order valence-electron chi connectivity index (χ0n) is 12.5. The second kappa shape index (κ2) is 6.31. The van der Waals surface area contributed by atoms with Crippen molar-refractivity contribution in [3.63, 3.8) is 0 Å². The maximum Gasteiger partial charge on any atom is 0.407 e. The van der Waals surface area contributed by atoms with Crippen LogP contribution in [-0.2, 0) is 11.3 Å². The maximum atomic E-state index is 11.7. The van der Waals surface area contributed by atoms with Gasteiger partial charge in [-0.3, -0.25) is 0 Å². The number of hydrogen-bond acceptors (Lipinski definition) is 3. The molecule has 1 atom stereocenters. The van der Waals surface area contributed by atoms with Crippen LogP contribution in [0.3, 0.4) is 0 Å². The maximum absolute atomic E-state index is 11.7. The first-order valence-electron chi connectivity index (χ1n) is 7.26. The van der Waals surface area contributed by atoms with E-state index in [1.54, 1.807) is 0 Å². The molecule has 0 radical (unpaired) electrons. The minimum atomic E-state index is -0.447. The van der Waals surface area contributed by atoms with Crippen LogP contribution in [0.15, 0.2) is 18.5 Å². The van der Waals surface area contributed by atoms with Gasteiger partial charge in [0.25, 0.3) is 0 Å². The summed E-state index contributed by atoms with van der Waals surface area (Å²) in [5, 5.41) is 6.37. The van der Waals surface area contributed by atoms with E-state index in [4.69, 9.17) is 4.74 Å².